The quantitative estimate of drug-likeness (QED) is 0.350. The lowest BCUT2D eigenvalue weighted by Gasteiger charge is -2.34. The summed E-state index contributed by atoms with van der Waals surface area (Å²) in [6.07, 6.45) is 5.49. The van der Waals surface area contributed by atoms with E-state index in [0.29, 0.717) is 25.9 Å². The van der Waals surface area contributed by atoms with E-state index in [9.17, 15) is 19.8 Å². The molecule has 1 aromatic rings. The van der Waals surface area contributed by atoms with Crippen LogP contribution in [0.1, 0.15) is 64.6 Å². The Morgan fingerprint density at radius 1 is 1.25 bits per heavy atom. The topological polar surface area (TPSA) is 149 Å². The van der Waals surface area contributed by atoms with Crippen LogP contribution in [0.4, 0.5) is 0 Å². The number of aromatic nitrogens is 1. The van der Waals surface area contributed by atoms with Crippen LogP contribution in [-0.2, 0) is 20.9 Å². The van der Waals surface area contributed by atoms with Gasteiger partial charge in [0.1, 0.15) is 16.9 Å². The lowest BCUT2D eigenvalue weighted by Crippen LogP contribution is -2.45. The maximum absolute atomic E-state index is 13.2. The Bertz CT molecular complexity index is 997. The molecule has 5 atom stereocenters. The van der Waals surface area contributed by atoms with Gasteiger partial charge in [0.25, 0.3) is 0 Å². The average molecular weight is 520 g/mol. The summed E-state index contributed by atoms with van der Waals surface area (Å²) in [7, 11) is 0. The molecule has 0 aliphatic carbocycles. The molecule has 0 saturated heterocycles. The number of esters is 1. The van der Waals surface area contributed by atoms with Gasteiger partial charge in [-0.15, -0.1) is 11.3 Å². The first kappa shape index (κ1) is 30.1. The maximum atomic E-state index is 13.2. The van der Waals surface area contributed by atoms with E-state index in [-0.39, 0.29) is 18.1 Å². The van der Waals surface area contributed by atoms with Crippen LogP contribution in [0.2, 0.25) is 0 Å². The van der Waals surface area contributed by atoms with E-state index in [1.165, 1.54) is 11.3 Å². The van der Waals surface area contributed by atoms with Gasteiger partial charge < -0.3 is 26.4 Å². The first-order chi connectivity index (χ1) is 16.9. The first-order valence-electron chi connectivity index (χ1n) is 12.4. The van der Waals surface area contributed by atoms with E-state index in [4.69, 9.17) is 16.2 Å². The van der Waals surface area contributed by atoms with Crippen LogP contribution in [-0.4, -0.2) is 51.8 Å². The summed E-state index contributed by atoms with van der Waals surface area (Å²) in [5, 5.41) is 24.3. The number of rotatable bonds is 4. The van der Waals surface area contributed by atoms with Crippen LogP contribution in [0.15, 0.2) is 34.8 Å². The molecule has 0 amide bonds. The molecule has 36 heavy (non-hydrogen) atoms. The molecular formula is C27H41N3O5S. The number of hydrogen-bond donors (Lipinski definition) is 4. The Morgan fingerprint density at radius 2 is 1.94 bits per heavy atom. The molecular weight excluding hydrogens is 478 g/mol. The molecule has 0 aromatic carbocycles. The summed E-state index contributed by atoms with van der Waals surface area (Å²) in [4.78, 5) is 30.5. The van der Waals surface area contributed by atoms with E-state index >= 15 is 0 Å². The number of carbonyl (C=O) groups is 2. The predicted molar refractivity (Wildman–Crippen MR) is 143 cm³/mol. The van der Waals surface area contributed by atoms with Crippen molar-refractivity contribution < 1.29 is 24.5 Å². The number of thiazole rings is 1. The Morgan fingerprint density at radius 3 is 2.56 bits per heavy atom. The van der Waals surface area contributed by atoms with Crippen LogP contribution >= 0.6 is 11.3 Å². The number of hydrogen-bond acceptors (Lipinski definition) is 9. The van der Waals surface area contributed by atoms with E-state index < -0.39 is 35.6 Å². The normalized spacial score (nSPS) is 31.4. The predicted octanol–water partition coefficient (Wildman–Crippen LogP) is 3.13. The van der Waals surface area contributed by atoms with E-state index in [2.05, 4.69) is 4.98 Å². The monoisotopic (exact) mass is 519 g/mol. The zero-order valence-corrected chi connectivity index (χ0v) is 22.8. The van der Waals surface area contributed by atoms with Crippen LogP contribution in [0.25, 0.3) is 6.08 Å². The van der Waals surface area contributed by atoms with Crippen LogP contribution in [0.5, 0.6) is 0 Å². The van der Waals surface area contributed by atoms with Gasteiger partial charge in [-0.1, -0.05) is 51.5 Å². The molecule has 1 aliphatic heterocycles. The van der Waals surface area contributed by atoms with Crippen molar-refractivity contribution in [2.45, 2.75) is 78.7 Å². The van der Waals surface area contributed by atoms with Crippen molar-refractivity contribution in [3.8, 4) is 0 Å². The second kappa shape index (κ2) is 13.4. The summed E-state index contributed by atoms with van der Waals surface area (Å²) in [5.74, 6) is -1.92. The lowest BCUT2D eigenvalue weighted by molar-refractivity contribution is -0.154. The highest BCUT2D eigenvalue weighted by molar-refractivity contribution is 7.09. The highest BCUT2D eigenvalue weighted by atomic mass is 32.1. The number of aliphatic hydroxyl groups is 2. The zero-order valence-electron chi connectivity index (χ0n) is 21.9. The Hall–Kier alpha value is -2.17. The molecule has 1 aliphatic rings. The number of nitrogens with zero attached hydrogens (tertiary/aromatic N) is 1. The number of cyclic esters (lactones) is 1. The minimum atomic E-state index is -1.27. The second-order valence-corrected chi connectivity index (χ2v) is 11.1. The van der Waals surface area contributed by atoms with Crippen LogP contribution in [0, 0.1) is 17.3 Å². The fourth-order valence-corrected chi connectivity index (χ4v) is 4.82. The minimum Gasteiger partial charge on any atom is -0.457 e. The number of nitrogens with two attached hydrogens (primary N) is 2. The van der Waals surface area contributed by atoms with Crippen molar-refractivity contribution in [2.75, 3.05) is 6.54 Å². The fraction of sp³-hybridized carbons (Fsp3) is 0.593. The molecule has 0 unspecified atom stereocenters. The molecule has 0 spiro atoms. The smallest absolute Gasteiger partial charge is 0.309 e. The van der Waals surface area contributed by atoms with E-state index in [0.717, 1.165) is 21.8 Å². The third-order valence-corrected chi connectivity index (χ3v) is 7.79. The molecule has 0 radical (unpaired) electrons. The van der Waals surface area contributed by atoms with Gasteiger partial charge in [0.2, 0.25) is 0 Å². The fourth-order valence-electron chi connectivity index (χ4n) is 4.19. The van der Waals surface area contributed by atoms with Crippen molar-refractivity contribution >= 4 is 29.2 Å². The van der Waals surface area contributed by atoms with Crippen molar-refractivity contribution in [2.24, 2.45) is 28.7 Å². The number of carbonyl (C=O) groups excluding carboxylic acids is 2. The van der Waals surface area contributed by atoms with Crippen LogP contribution in [0.3, 0.4) is 0 Å². The Balaban J connectivity index is 2.41. The molecule has 0 fully saturated rings. The standard InChI is InChI=1S/C27H41N3O5S/c1-16-7-6-8-19(13-28)9-10-21(17(2)11-20-15-36-23(14-29)30-20)35-24(32)12-22(31)27(4,5)26(34)18(3)25(16)33/h6-7,9,11,15-16,18,21-22,25,31,33H,8,10,12-14,28-29H2,1-5H3/b7-6-,17-11+,19-9+/t16-,18+,21-,22-,25-/m0/s1. The van der Waals surface area contributed by atoms with Gasteiger partial charge in [-0.2, -0.15) is 0 Å². The molecule has 9 heteroatoms. The van der Waals surface area contributed by atoms with Gasteiger partial charge >= 0.3 is 5.97 Å². The number of ether oxygens (including phenoxy) is 1. The third kappa shape index (κ3) is 7.91. The van der Waals surface area contributed by atoms with E-state index in [1.807, 2.05) is 43.5 Å². The van der Waals surface area contributed by atoms with Crippen molar-refractivity contribution in [3.05, 3.63) is 45.5 Å². The summed E-state index contributed by atoms with van der Waals surface area (Å²) in [5.41, 5.74) is 12.9. The highest BCUT2D eigenvalue weighted by Crippen LogP contribution is 2.31. The zero-order chi connectivity index (χ0) is 27.0. The van der Waals surface area contributed by atoms with Crippen molar-refractivity contribution in [1.82, 2.24) is 4.98 Å². The summed E-state index contributed by atoms with van der Waals surface area (Å²) in [6.45, 7) is 9.23. The number of Topliss-reactive ketones (excluding diaryl/α,β-unsaturated/α-hetero) is 1. The van der Waals surface area contributed by atoms with Crippen molar-refractivity contribution in [3.63, 3.8) is 0 Å². The number of allylic oxidation sites excluding steroid dienone is 1. The van der Waals surface area contributed by atoms with E-state index in [1.54, 1.807) is 20.8 Å². The van der Waals surface area contributed by atoms with Crippen LogP contribution < -0.4 is 11.5 Å². The highest BCUT2D eigenvalue weighted by Gasteiger charge is 2.42. The molecule has 0 bridgehead atoms. The van der Waals surface area contributed by atoms with Gasteiger partial charge in [0.15, 0.2) is 0 Å². The Kier molecular flexibility index (Phi) is 11.2. The molecule has 0 saturated carbocycles. The molecule has 2 heterocycles. The SMILES string of the molecule is C/C(=C\c1csc(CN)n1)[C@@H]1C/C=C(/CN)C/C=C\[C@H](C)[C@H](O)[C@@H](C)C(=O)C(C)(C)[C@@H](O)CC(=O)O1. The Labute approximate surface area is 218 Å². The maximum Gasteiger partial charge on any atom is 0.309 e. The largest absolute Gasteiger partial charge is 0.457 e. The minimum absolute atomic E-state index is 0.275. The molecule has 6 N–H and O–H groups in total. The van der Waals surface area contributed by atoms with Gasteiger partial charge in [-0.25, -0.2) is 4.98 Å². The average Bonchev–Trinajstić information content (AvgIpc) is 3.30. The van der Waals surface area contributed by atoms with Gasteiger partial charge in [-0.3, -0.25) is 9.59 Å². The van der Waals surface area contributed by atoms with Gasteiger partial charge in [0.05, 0.1) is 29.7 Å². The number of ketones is 1. The third-order valence-electron chi connectivity index (χ3n) is 6.90. The molecule has 2 rings (SSSR count). The summed E-state index contributed by atoms with van der Waals surface area (Å²) in [6, 6.07) is 0. The van der Waals surface area contributed by atoms with Crippen molar-refractivity contribution in [1.29, 1.82) is 0 Å². The lowest BCUT2D eigenvalue weighted by atomic mass is 9.73. The molecule has 1 aromatic heterocycles. The summed E-state index contributed by atoms with van der Waals surface area (Å²) < 4.78 is 5.79. The second-order valence-electron chi connectivity index (χ2n) is 10.1. The molecule has 8 nitrogen and oxygen atoms in total. The van der Waals surface area contributed by atoms with Gasteiger partial charge in [0, 0.05) is 36.7 Å². The summed E-state index contributed by atoms with van der Waals surface area (Å²) >= 11 is 1.46. The molecule has 200 valence electrons. The number of aliphatic hydroxyl groups excluding tert-OH is 2. The van der Waals surface area contributed by atoms with Gasteiger partial charge in [-0.05, 0) is 25.0 Å². The first-order valence-corrected chi connectivity index (χ1v) is 13.3.